The molecule has 0 aromatic carbocycles. The van der Waals surface area contributed by atoms with Crippen molar-refractivity contribution < 1.29 is 37.3 Å². The lowest BCUT2D eigenvalue weighted by Gasteiger charge is -2.28. The minimum absolute atomic E-state index is 0.00102. The van der Waals surface area contributed by atoms with E-state index in [1.807, 2.05) is 27.2 Å². The molecule has 0 aliphatic heterocycles. The number of hydrogen-bond acceptors (Lipinski definition) is 7. The molecule has 0 bridgehead atoms. The van der Waals surface area contributed by atoms with Crippen molar-refractivity contribution in [2.45, 2.75) is 123 Å². The summed E-state index contributed by atoms with van der Waals surface area (Å²) in [7, 11) is 1.27. The normalized spacial score (nSPS) is 14.9. The third kappa shape index (κ3) is 40.4. The van der Waals surface area contributed by atoms with Gasteiger partial charge in [-0.25, -0.2) is 0 Å². The van der Waals surface area contributed by atoms with E-state index in [1.54, 1.807) is 6.08 Å². The van der Waals surface area contributed by atoms with E-state index in [1.165, 1.54) is 19.3 Å². The van der Waals surface area contributed by atoms with Gasteiger partial charge in [0.1, 0.15) is 19.3 Å². The fraction of sp³-hybridized carbons (Fsp3) is 0.614. The summed E-state index contributed by atoms with van der Waals surface area (Å²) in [4.78, 5) is 24.9. The second-order valence-corrected chi connectivity index (χ2v) is 15.3. The average Bonchev–Trinajstić information content (AvgIpc) is 3.11. The first-order valence-corrected chi connectivity index (χ1v) is 21.4. The standard InChI is InChI=1S/C44H74NO7P/c1-6-8-10-12-14-16-18-20-22-24-26-28-30-32-34-36-39-49-41-43(42-51-53(47,48)50-40-38-45(3,4)5)52-44(46)37-35-33-31-29-27-25-23-21-19-17-15-13-11-9-7-2/h8-11,14-17,20-23,27,29,33,35,43H,6-7,12-13,18-19,24-26,28,30-32,34,36-42H2,1-5H3/b10-8-,11-9-,16-14-,17-15-,22-20-,23-21-,29-27-,35-33-. The van der Waals surface area contributed by atoms with Crippen LogP contribution in [0.25, 0.3) is 0 Å². The van der Waals surface area contributed by atoms with Crippen LogP contribution in [0.15, 0.2) is 97.2 Å². The van der Waals surface area contributed by atoms with E-state index in [-0.39, 0.29) is 26.2 Å². The van der Waals surface area contributed by atoms with E-state index in [9.17, 15) is 14.3 Å². The van der Waals surface area contributed by atoms with E-state index >= 15 is 0 Å². The number of carbonyl (C=O) groups excluding carboxylic acids is 1. The van der Waals surface area contributed by atoms with Crippen LogP contribution in [0.3, 0.4) is 0 Å². The van der Waals surface area contributed by atoms with E-state index in [4.69, 9.17) is 18.5 Å². The van der Waals surface area contributed by atoms with Gasteiger partial charge in [-0.15, -0.1) is 0 Å². The summed E-state index contributed by atoms with van der Waals surface area (Å²) >= 11 is 0. The monoisotopic (exact) mass is 760 g/mol. The quantitative estimate of drug-likeness (QED) is 0.0209. The highest BCUT2D eigenvalue weighted by Crippen LogP contribution is 2.38. The molecular formula is C44H74NO7P. The molecule has 0 rings (SSSR count). The lowest BCUT2D eigenvalue weighted by atomic mass is 10.1. The van der Waals surface area contributed by atoms with Crippen LogP contribution in [-0.4, -0.2) is 70.7 Å². The molecule has 0 aromatic heterocycles. The lowest BCUT2D eigenvalue weighted by molar-refractivity contribution is -0.870. The van der Waals surface area contributed by atoms with Crippen molar-refractivity contribution in [3.8, 4) is 0 Å². The van der Waals surface area contributed by atoms with Crippen molar-refractivity contribution in [1.82, 2.24) is 0 Å². The van der Waals surface area contributed by atoms with Crippen LogP contribution in [-0.2, 0) is 27.9 Å². The topological polar surface area (TPSA) is 94.1 Å². The molecule has 302 valence electrons. The number of esters is 1. The molecule has 0 radical (unpaired) electrons. The molecule has 9 heteroatoms. The summed E-state index contributed by atoms with van der Waals surface area (Å²) in [6.07, 6.45) is 48.8. The molecule has 0 heterocycles. The van der Waals surface area contributed by atoms with Crippen LogP contribution >= 0.6 is 7.82 Å². The average molecular weight is 760 g/mol. The first kappa shape index (κ1) is 50.4. The van der Waals surface area contributed by atoms with Gasteiger partial charge in [0.05, 0.1) is 40.8 Å². The van der Waals surface area contributed by atoms with Gasteiger partial charge >= 0.3 is 5.97 Å². The maximum atomic E-state index is 12.6. The van der Waals surface area contributed by atoms with Gasteiger partial charge in [-0.1, -0.05) is 137 Å². The van der Waals surface area contributed by atoms with Gasteiger partial charge < -0.3 is 27.9 Å². The number of carbonyl (C=O) groups is 1. The van der Waals surface area contributed by atoms with Crippen LogP contribution in [0.5, 0.6) is 0 Å². The Morgan fingerprint density at radius 3 is 1.55 bits per heavy atom. The Hall–Kier alpha value is -2.58. The molecule has 0 aromatic rings. The summed E-state index contributed by atoms with van der Waals surface area (Å²) in [5.41, 5.74) is 0. The van der Waals surface area contributed by atoms with Gasteiger partial charge in [-0.05, 0) is 70.6 Å². The van der Waals surface area contributed by atoms with Crippen LogP contribution < -0.4 is 4.89 Å². The zero-order chi connectivity index (χ0) is 39.1. The first-order chi connectivity index (χ1) is 25.6. The number of phosphoric ester groups is 1. The Morgan fingerprint density at radius 2 is 1.04 bits per heavy atom. The van der Waals surface area contributed by atoms with Crippen molar-refractivity contribution in [3.05, 3.63) is 97.2 Å². The van der Waals surface area contributed by atoms with Gasteiger partial charge in [0.15, 0.2) is 0 Å². The zero-order valence-corrected chi connectivity index (χ0v) is 34.8. The van der Waals surface area contributed by atoms with Gasteiger partial charge in [-0.2, -0.15) is 0 Å². The summed E-state index contributed by atoms with van der Waals surface area (Å²) in [6.45, 7) is 4.97. The van der Waals surface area contributed by atoms with E-state index in [0.717, 1.165) is 70.6 Å². The number of ether oxygens (including phenoxy) is 2. The number of rotatable bonds is 35. The van der Waals surface area contributed by atoms with Gasteiger partial charge in [0.2, 0.25) is 0 Å². The molecule has 0 amide bonds. The lowest BCUT2D eigenvalue weighted by Crippen LogP contribution is -2.37. The Balaban J connectivity index is 4.47. The van der Waals surface area contributed by atoms with Crippen molar-refractivity contribution >= 4 is 13.8 Å². The highest BCUT2D eigenvalue weighted by molar-refractivity contribution is 7.45. The molecule has 0 fully saturated rings. The second-order valence-electron chi connectivity index (χ2n) is 13.9. The Morgan fingerprint density at radius 1 is 0.585 bits per heavy atom. The molecule has 2 unspecified atom stereocenters. The number of allylic oxidation sites excluding steroid dienone is 15. The van der Waals surface area contributed by atoms with E-state index < -0.39 is 19.9 Å². The fourth-order valence-corrected chi connectivity index (χ4v) is 5.36. The molecule has 0 aliphatic carbocycles. The molecule has 0 spiro atoms. The molecule has 0 saturated carbocycles. The molecule has 0 saturated heterocycles. The Bertz CT molecular complexity index is 1160. The van der Waals surface area contributed by atoms with Gasteiger partial charge in [-0.3, -0.25) is 9.36 Å². The Labute approximate surface area is 324 Å². The van der Waals surface area contributed by atoms with Crippen molar-refractivity contribution in [1.29, 1.82) is 0 Å². The molecule has 8 nitrogen and oxygen atoms in total. The van der Waals surface area contributed by atoms with Crippen LogP contribution in [0, 0.1) is 0 Å². The number of nitrogens with zero attached hydrogens (tertiary/aromatic N) is 1. The van der Waals surface area contributed by atoms with Crippen molar-refractivity contribution in [2.75, 3.05) is 54.1 Å². The summed E-state index contributed by atoms with van der Waals surface area (Å²) in [5, 5.41) is 0. The van der Waals surface area contributed by atoms with E-state index in [0.29, 0.717) is 24.1 Å². The molecule has 0 N–H and O–H groups in total. The Kier molecular flexibility index (Phi) is 34.6. The van der Waals surface area contributed by atoms with Gasteiger partial charge in [0, 0.05) is 6.61 Å². The molecular weight excluding hydrogens is 685 g/mol. The fourth-order valence-electron chi connectivity index (χ4n) is 4.63. The van der Waals surface area contributed by atoms with Crippen molar-refractivity contribution in [3.63, 3.8) is 0 Å². The minimum atomic E-state index is -4.56. The van der Waals surface area contributed by atoms with Crippen LogP contribution in [0.1, 0.15) is 117 Å². The number of phosphoric acid groups is 1. The molecule has 53 heavy (non-hydrogen) atoms. The third-order valence-electron chi connectivity index (χ3n) is 7.66. The van der Waals surface area contributed by atoms with Crippen LogP contribution in [0.2, 0.25) is 0 Å². The maximum absolute atomic E-state index is 12.6. The highest BCUT2D eigenvalue weighted by Gasteiger charge is 2.20. The van der Waals surface area contributed by atoms with Crippen LogP contribution in [0.4, 0.5) is 0 Å². The summed E-state index contributed by atoms with van der Waals surface area (Å²) in [6, 6.07) is 0. The van der Waals surface area contributed by atoms with E-state index in [2.05, 4.69) is 98.9 Å². The molecule has 0 aliphatic rings. The first-order valence-electron chi connectivity index (χ1n) is 20.0. The largest absolute Gasteiger partial charge is 0.756 e. The smallest absolute Gasteiger partial charge is 0.310 e. The van der Waals surface area contributed by atoms with Crippen molar-refractivity contribution in [2.24, 2.45) is 0 Å². The molecule has 2 atom stereocenters. The van der Waals surface area contributed by atoms with Gasteiger partial charge in [0.25, 0.3) is 7.82 Å². The maximum Gasteiger partial charge on any atom is 0.310 e. The second kappa shape index (κ2) is 36.4. The zero-order valence-electron chi connectivity index (χ0n) is 33.9. The predicted octanol–water partition coefficient (Wildman–Crippen LogP) is 10.9. The third-order valence-corrected chi connectivity index (χ3v) is 8.63. The number of hydrogen-bond donors (Lipinski definition) is 0. The highest BCUT2D eigenvalue weighted by atomic mass is 31.2. The minimum Gasteiger partial charge on any atom is -0.756 e. The summed E-state index contributed by atoms with van der Waals surface area (Å²) < 4.78 is 34.3. The summed E-state index contributed by atoms with van der Waals surface area (Å²) in [5.74, 6) is -0.471. The SMILES string of the molecule is CC/C=C\C/C=C\C/C=C\C/C=C\C/C=C\CC(=O)OC(COCCCCCCCC/C=C\C/C=C\C/C=C\CC)COP(=O)([O-])OCC[N+](C)(C)C. The number of unbranched alkanes of at least 4 members (excludes halogenated alkanes) is 6. The number of likely N-dealkylation sites (N-methyl/N-ethyl adjacent to an activating group) is 1. The number of quaternary nitrogens is 1. The predicted molar refractivity (Wildman–Crippen MR) is 221 cm³/mol.